The zero-order chi connectivity index (χ0) is 11.8. The summed E-state index contributed by atoms with van der Waals surface area (Å²) in [6.07, 6.45) is 3.76. The van der Waals surface area contributed by atoms with Gasteiger partial charge < -0.3 is 10.1 Å². The first-order chi connectivity index (χ1) is 7.72. The minimum absolute atomic E-state index is 0.116. The lowest BCUT2D eigenvalue weighted by molar-refractivity contribution is -0.140. The molecule has 0 aliphatic carbocycles. The Morgan fingerprint density at radius 2 is 2.06 bits per heavy atom. The minimum atomic E-state index is -0.329. The monoisotopic (exact) mass is 222 g/mol. The van der Waals surface area contributed by atoms with E-state index < -0.39 is 0 Å². The molecule has 1 amide bonds. The van der Waals surface area contributed by atoms with E-state index in [1.807, 2.05) is 0 Å². The van der Waals surface area contributed by atoms with E-state index in [1.165, 1.54) is 7.11 Å². The van der Waals surface area contributed by atoms with E-state index >= 15 is 0 Å². The molecule has 0 aromatic carbocycles. The first-order valence-corrected chi connectivity index (χ1v) is 4.95. The summed E-state index contributed by atoms with van der Waals surface area (Å²) >= 11 is 0. The molecule has 0 aliphatic rings. The molecule has 1 aromatic rings. The summed E-state index contributed by atoms with van der Waals surface area (Å²) in [5, 5.41) is 2.64. The number of hydrogen-bond donors (Lipinski definition) is 1. The lowest BCUT2D eigenvalue weighted by atomic mass is 10.2. The molecule has 0 atom stereocenters. The van der Waals surface area contributed by atoms with Gasteiger partial charge in [-0.3, -0.25) is 14.6 Å². The number of hydrogen-bond acceptors (Lipinski definition) is 4. The van der Waals surface area contributed by atoms with Gasteiger partial charge in [0.1, 0.15) is 0 Å². The van der Waals surface area contributed by atoms with Crippen LogP contribution in [0.1, 0.15) is 12.0 Å². The van der Waals surface area contributed by atoms with Crippen LogP contribution < -0.4 is 5.32 Å². The molecule has 0 unspecified atom stereocenters. The van der Waals surface area contributed by atoms with Crippen molar-refractivity contribution in [1.82, 2.24) is 10.3 Å². The highest BCUT2D eigenvalue weighted by molar-refractivity contribution is 5.79. The van der Waals surface area contributed by atoms with Crippen LogP contribution >= 0.6 is 0 Å². The van der Waals surface area contributed by atoms with Crippen molar-refractivity contribution in [2.24, 2.45) is 0 Å². The first-order valence-electron chi connectivity index (χ1n) is 4.95. The fraction of sp³-hybridized carbons (Fsp3) is 0.364. The number of carbonyl (C=O) groups is 2. The number of aromatic nitrogens is 1. The fourth-order valence-electron chi connectivity index (χ4n) is 1.15. The maximum atomic E-state index is 11.4. The van der Waals surface area contributed by atoms with Crippen molar-refractivity contribution in [1.29, 1.82) is 0 Å². The van der Waals surface area contributed by atoms with Gasteiger partial charge in [0.15, 0.2) is 0 Å². The van der Waals surface area contributed by atoms with Crippen LogP contribution in [0.4, 0.5) is 0 Å². The third-order valence-corrected chi connectivity index (χ3v) is 1.99. The van der Waals surface area contributed by atoms with Crippen LogP contribution in [0.3, 0.4) is 0 Å². The topological polar surface area (TPSA) is 68.3 Å². The van der Waals surface area contributed by atoms with E-state index in [-0.39, 0.29) is 18.3 Å². The molecule has 0 spiro atoms. The summed E-state index contributed by atoms with van der Waals surface area (Å²) in [5.74, 6) is -0.445. The van der Waals surface area contributed by atoms with Gasteiger partial charge in [-0.05, 0) is 17.7 Å². The summed E-state index contributed by atoms with van der Waals surface area (Å²) < 4.78 is 4.45. The highest BCUT2D eigenvalue weighted by atomic mass is 16.5. The van der Waals surface area contributed by atoms with E-state index in [0.29, 0.717) is 13.0 Å². The van der Waals surface area contributed by atoms with Gasteiger partial charge in [0.2, 0.25) is 5.91 Å². The minimum Gasteiger partial charge on any atom is -0.469 e. The number of carbonyl (C=O) groups excluding carboxylic acids is 2. The molecule has 0 radical (unpaired) electrons. The Bertz CT molecular complexity index is 352. The SMILES string of the molecule is COC(=O)CCNC(=O)Cc1ccncc1. The maximum Gasteiger partial charge on any atom is 0.307 e. The van der Waals surface area contributed by atoms with Crippen LogP contribution in [0.2, 0.25) is 0 Å². The number of nitrogens with one attached hydrogen (secondary N) is 1. The predicted molar refractivity (Wildman–Crippen MR) is 57.6 cm³/mol. The molecule has 86 valence electrons. The highest BCUT2D eigenvalue weighted by Gasteiger charge is 2.04. The van der Waals surface area contributed by atoms with E-state index in [2.05, 4.69) is 15.0 Å². The molecule has 0 saturated heterocycles. The molecule has 0 aliphatic heterocycles. The van der Waals surface area contributed by atoms with E-state index in [4.69, 9.17) is 0 Å². The van der Waals surface area contributed by atoms with Crippen LogP contribution in [0, 0.1) is 0 Å². The molecule has 1 aromatic heterocycles. The van der Waals surface area contributed by atoms with Gasteiger partial charge in [-0.25, -0.2) is 0 Å². The number of ether oxygens (including phenoxy) is 1. The number of amides is 1. The summed E-state index contributed by atoms with van der Waals surface area (Å²) in [4.78, 5) is 26.0. The Hall–Kier alpha value is -1.91. The van der Waals surface area contributed by atoms with E-state index in [0.717, 1.165) is 5.56 Å². The number of methoxy groups -OCH3 is 1. The second-order valence-electron chi connectivity index (χ2n) is 3.21. The zero-order valence-corrected chi connectivity index (χ0v) is 9.10. The van der Waals surface area contributed by atoms with Gasteiger partial charge >= 0.3 is 5.97 Å². The molecule has 0 bridgehead atoms. The molecule has 1 N–H and O–H groups in total. The molecule has 0 saturated carbocycles. The second kappa shape index (κ2) is 6.55. The van der Waals surface area contributed by atoms with Crippen molar-refractivity contribution in [3.05, 3.63) is 30.1 Å². The Labute approximate surface area is 93.8 Å². The average Bonchev–Trinajstić information content (AvgIpc) is 2.30. The van der Waals surface area contributed by atoms with Crippen LogP contribution in [-0.4, -0.2) is 30.5 Å². The van der Waals surface area contributed by atoms with Crippen molar-refractivity contribution in [2.45, 2.75) is 12.8 Å². The maximum absolute atomic E-state index is 11.4. The number of nitrogens with zero attached hydrogens (tertiary/aromatic N) is 1. The number of rotatable bonds is 5. The lowest BCUT2D eigenvalue weighted by Gasteiger charge is -2.04. The Balaban J connectivity index is 2.24. The van der Waals surface area contributed by atoms with Gasteiger partial charge in [-0.1, -0.05) is 0 Å². The van der Waals surface area contributed by atoms with Crippen LogP contribution in [0.15, 0.2) is 24.5 Å². The third-order valence-electron chi connectivity index (χ3n) is 1.99. The molecule has 1 rings (SSSR count). The third kappa shape index (κ3) is 4.54. The van der Waals surface area contributed by atoms with Crippen molar-refractivity contribution >= 4 is 11.9 Å². The fourth-order valence-corrected chi connectivity index (χ4v) is 1.15. The molecule has 0 fully saturated rings. The van der Waals surface area contributed by atoms with E-state index in [9.17, 15) is 9.59 Å². The number of pyridine rings is 1. The summed E-state index contributed by atoms with van der Waals surface area (Å²) in [6.45, 7) is 0.302. The summed E-state index contributed by atoms with van der Waals surface area (Å²) in [5.41, 5.74) is 0.894. The van der Waals surface area contributed by atoms with Gasteiger partial charge in [0, 0.05) is 18.9 Å². The second-order valence-corrected chi connectivity index (χ2v) is 3.21. The van der Waals surface area contributed by atoms with Gasteiger partial charge in [0.05, 0.1) is 20.0 Å². The Kier molecular flexibility index (Phi) is 4.98. The molecular formula is C11H14N2O3. The largest absolute Gasteiger partial charge is 0.469 e. The van der Waals surface area contributed by atoms with Crippen molar-refractivity contribution in [2.75, 3.05) is 13.7 Å². The van der Waals surface area contributed by atoms with Crippen molar-refractivity contribution < 1.29 is 14.3 Å². The Morgan fingerprint density at radius 1 is 1.38 bits per heavy atom. The quantitative estimate of drug-likeness (QED) is 0.728. The summed E-state index contributed by atoms with van der Waals surface area (Å²) in [7, 11) is 1.32. The van der Waals surface area contributed by atoms with Crippen LogP contribution in [0.25, 0.3) is 0 Å². The zero-order valence-electron chi connectivity index (χ0n) is 9.10. The van der Waals surface area contributed by atoms with Crippen molar-refractivity contribution in [3.63, 3.8) is 0 Å². The normalized spacial score (nSPS) is 9.56. The first kappa shape index (κ1) is 12.2. The predicted octanol–water partition coefficient (Wildman–Crippen LogP) is 0.303. The van der Waals surface area contributed by atoms with Crippen molar-refractivity contribution in [3.8, 4) is 0 Å². The summed E-state index contributed by atoms with van der Waals surface area (Å²) in [6, 6.07) is 3.56. The van der Waals surface area contributed by atoms with Crippen LogP contribution in [0.5, 0.6) is 0 Å². The number of esters is 1. The smallest absolute Gasteiger partial charge is 0.307 e. The lowest BCUT2D eigenvalue weighted by Crippen LogP contribution is -2.27. The van der Waals surface area contributed by atoms with E-state index in [1.54, 1.807) is 24.5 Å². The van der Waals surface area contributed by atoms with Gasteiger partial charge in [-0.2, -0.15) is 0 Å². The molecular weight excluding hydrogens is 208 g/mol. The highest BCUT2D eigenvalue weighted by Crippen LogP contribution is 1.97. The molecule has 5 nitrogen and oxygen atoms in total. The average molecular weight is 222 g/mol. The van der Waals surface area contributed by atoms with Crippen LogP contribution in [-0.2, 0) is 20.7 Å². The van der Waals surface area contributed by atoms with Gasteiger partial charge in [-0.15, -0.1) is 0 Å². The molecule has 1 heterocycles. The Morgan fingerprint density at radius 3 is 2.69 bits per heavy atom. The standard InChI is InChI=1S/C11H14N2O3/c1-16-11(15)4-7-13-10(14)8-9-2-5-12-6-3-9/h2-3,5-6H,4,7-8H2,1H3,(H,13,14). The molecule has 16 heavy (non-hydrogen) atoms. The molecule has 5 heteroatoms. The van der Waals surface area contributed by atoms with Gasteiger partial charge in [0.25, 0.3) is 0 Å².